The zero-order valence-corrected chi connectivity index (χ0v) is 11.2. The van der Waals surface area contributed by atoms with Crippen LogP contribution in [0.5, 0.6) is 0 Å². The highest BCUT2D eigenvalue weighted by molar-refractivity contribution is 7.86. The first-order chi connectivity index (χ1) is 8.30. The van der Waals surface area contributed by atoms with E-state index in [1.54, 1.807) is 6.92 Å². The Balaban J connectivity index is 2.86. The summed E-state index contributed by atoms with van der Waals surface area (Å²) in [4.78, 5) is 11.0. The van der Waals surface area contributed by atoms with Crippen LogP contribution in [0.3, 0.4) is 0 Å². The Morgan fingerprint density at radius 2 is 2.28 bits per heavy atom. The van der Waals surface area contributed by atoms with Crippen molar-refractivity contribution in [2.75, 3.05) is 20.1 Å². The molecule has 1 heterocycles. The van der Waals surface area contributed by atoms with E-state index in [4.69, 9.17) is 10.4 Å². The van der Waals surface area contributed by atoms with Crippen LogP contribution in [0.25, 0.3) is 0 Å². The molecule has 1 saturated heterocycles. The normalized spacial score (nSPS) is 22.9. The molecule has 102 valence electrons. The molecule has 1 aliphatic rings. The van der Waals surface area contributed by atoms with Crippen LogP contribution in [0.1, 0.15) is 19.8 Å². The van der Waals surface area contributed by atoms with Gasteiger partial charge < -0.3 is 5.11 Å². The van der Waals surface area contributed by atoms with Crippen LogP contribution in [0, 0.1) is 17.2 Å². The van der Waals surface area contributed by atoms with Crippen LogP contribution in [-0.4, -0.2) is 54.3 Å². The average molecular weight is 275 g/mol. The lowest BCUT2D eigenvalue weighted by atomic mass is 10.2. The van der Waals surface area contributed by atoms with Gasteiger partial charge in [-0.25, -0.2) is 0 Å². The van der Waals surface area contributed by atoms with Crippen molar-refractivity contribution in [1.29, 1.82) is 5.26 Å². The molecular formula is C10H17N3O4S. The van der Waals surface area contributed by atoms with E-state index in [0.29, 0.717) is 12.8 Å². The van der Waals surface area contributed by atoms with Gasteiger partial charge >= 0.3 is 5.97 Å². The number of nitriles is 1. The lowest BCUT2D eigenvalue weighted by Crippen LogP contribution is -2.48. The molecule has 0 spiro atoms. The summed E-state index contributed by atoms with van der Waals surface area (Å²) in [5, 5.41) is 17.7. The monoisotopic (exact) mass is 275 g/mol. The maximum atomic E-state index is 12.2. The summed E-state index contributed by atoms with van der Waals surface area (Å²) < 4.78 is 26.4. The van der Waals surface area contributed by atoms with Crippen molar-refractivity contribution in [2.45, 2.75) is 25.8 Å². The highest BCUT2D eigenvalue weighted by Crippen LogP contribution is 2.23. The summed E-state index contributed by atoms with van der Waals surface area (Å²) in [5.41, 5.74) is 0. The zero-order valence-electron chi connectivity index (χ0n) is 10.4. The van der Waals surface area contributed by atoms with Gasteiger partial charge in [0.25, 0.3) is 10.2 Å². The largest absolute Gasteiger partial charge is 0.480 e. The number of carboxylic acid groups (broad SMARTS) is 1. The minimum absolute atomic E-state index is 0.0572. The van der Waals surface area contributed by atoms with E-state index in [0.717, 1.165) is 8.61 Å². The van der Waals surface area contributed by atoms with Crippen LogP contribution in [0.15, 0.2) is 0 Å². The molecular weight excluding hydrogens is 258 g/mol. The Morgan fingerprint density at radius 1 is 1.67 bits per heavy atom. The topological polar surface area (TPSA) is 102 Å². The van der Waals surface area contributed by atoms with E-state index in [2.05, 4.69) is 0 Å². The summed E-state index contributed by atoms with van der Waals surface area (Å²) in [6.07, 6.45) is 0.869. The summed E-state index contributed by atoms with van der Waals surface area (Å²) in [6.45, 7) is 1.89. The second kappa shape index (κ2) is 5.65. The van der Waals surface area contributed by atoms with Crippen LogP contribution in [0.4, 0.5) is 0 Å². The number of rotatable bonds is 5. The number of carboxylic acids is 1. The number of aliphatic carboxylic acids is 1. The molecule has 2 atom stereocenters. The van der Waals surface area contributed by atoms with Crippen molar-refractivity contribution >= 4 is 16.2 Å². The molecule has 0 aliphatic carbocycles. The van der Waals surface area contributed by atoms with Gasteiger partial charge in [0.2, 0.25) is 0 Å². The maximum Gasteiger partial charge on any atom is 0.322 e. The van der Waals surface area contributed by atoms with Gasteiger partial charge in [0.1, 0.15) is 6.04 Å². The van der Waals surface area contributed by atoms with E-state index in [1.807, 2.05) is 6.07 Å². The molecule has 0 amide bonds. The van der Waals surface area contributed by atoms with Crippen molar-refractivity contribution in [3.8, 4) is 6.07 Å². The van der Waals surface area contributed by atoms with Crippen molar-refractivity contribution in [3.63, 3.8) is 0 Å². The van der Waals surface area contributed by atoms with Crippen molar-refractivity contribution in [2.24, 2.45) is 5.92 Å². The smallest absolute Gasteiger partial charge is 0.322 e. The standard InChI is InChI=1S/C10H17N3O4S/c1-8(6-11)7-12(2)18(16,17)13-5-3-4-9(13)10(14)15/h8-9H,3-5,7H2,1-2H3,(H,14,15)/t8?,9-/m0/s1. The number of nitrogens with zero attached hydrogens (tertiary/aromatic N) is 3. The van der Waals surface area contributed by atoms with Crippen molar-refractivity contribution in [3.05, 3.63) is 0 Å². The van der Waals surface area contributed by atoms with Gasteiger partial charge in [-0.05, 0) is 19.8 Å². The highest BCUT2D eigenvalue weighted by Gasteiger charge is 2.40. The van der Waals surface area contributed by atoms with Crippen molar-refractivity contribution in [1.82, 2.24) is 8.61 Å². The zero-order chi connectivity index (χ0) is 13.9. The molecule has 18 heavy (non-hydrogen) atoms. The fourth-order valence-electron chi connectivity index (χ4n) is 1.96. The maximum absolute atomic E-state index is 12.2. The Bertz CT molecular complexity index is 456. The summed E-state index contributed by atoms with van der Waals surface area (Å²) in [5.74, 6) is -1.56. The molecule has 1 aliphatic heterocycles. The molecule has 7 nitrogen and oxygen atoms in total. The first-order valence-electron chi connectivity index (χ1n) is 5.66. The predicted octanol–water partition coefficient (Wildman–Crippen LogP) is -0.128. The molecule has 0 aromatic heterocycles. The first kappa shape index (κ1) is 14.9. The molecule has 8 heteroatoms. The number of hydrogen-bond acceptors (Lipinski definition) is 4. The Hall–Kier alpha value is -1.17. The highest BCUT2D eigenvalue weighted by atomic mass is 32.2. The first-order valence-corrected chi connectivity index (χ1v) is 7.06. The third kappa shape index (κ3) is 2.98. The van der Waals surface area contributed by atoms with Gasteiger partial charge in [-0.15, -0.1) is 0 Å². The quantitative estimate of drug-likeness (QED) is 0.753. The Labute approximate surface area is 107 Å². The van der Waals surface area contributed by atoms with Gasteiger partial charge in [-0.1, -0.05) is 0 Å². The van der Waals surface area contributed by atoms with E-state index in [9.17, 15) is 13.2 Å². The van der Waals surface area contributed by atoms with Gasteiger partial charge in [-0.3, -0.25) is 4.79 Å². The van der Waals surface area contributed by atoms with E-state index < -0.39 is 28.1 Å². The Kier molecular flexibility index (Phi) is 4.67. The van der Waals surface area contributed by atoms with E-state index >= 15 is 0 Å². The van der Waals surface area contributed by atoms with Crippen LogP contribution in [0.2, 0.25) is 0 Å². The minimum atomic E-state index is -3.80. The lowest BCUT2D eigenvalue weighted by molar-refractivity contribution is -0.140. The van der Waals surface area contributed by atoms with Gasteiger partial charge in [0.05, 0.1) is 12.0 Å². The third-order valence-electron chi connectivity index (χ3n) is 2.93. The average Bonchev–Trinajstić information content (AvgIpc) is 2.78. The molecule has 0 saturated carbocycles. The fraction of sp³-hybridized carbons (Fsp3) is 0.800. The number of carbonyl (C=O) groups is 1. The summed E-state index contributed by atoms with van der Waals surface area (Å²) in [7, 11) is -2.44. The van der Waals surface area contributed by atoms with Crippen LogP contribution >= 0.6 is 0 Å². The number of hydrogen-bond donors (Lipinski definition) is 1. The predicted molar refractivity (Wildman–Crippen MR) is 63.7 cm³/mol. The molecule has 1 fully saturated rings. The van der Waals surface area contributed by atoms with Crippen LogP contribution < -0.4 is 0 Å². The second-order valence-electron chi connectivity index (χ2n) is 4.43. The molecule has 0 radical (unpaired) electrons. The minimum Gasteiger partial charge on any atom is -0.480 e. The van der Waals surface area contributed by atoms with Gasteiger partial charge in [0, 0.05) is 20.1 Å². The lowest BCUT2D eigenvalue weighted by Gasteiger charge is -2.27. The Morgan fingerprint density at radius 3 is 2.78 bits per heavy atom. The van der Waals surface area contributed by atoms with Crippen molar-refractivity contribution < 1.29 is 18.3 Å². The van der Waals surface area contributed by atoms with Crippen LogP contribution in [-0.2, 0) is 15.0 Å². The third-order valence-corrected chi connectivity index (χ3v) is 4.90. The molecule has 0 bridgehead atoms. The van der Waals surface area contributed by atoms with E-state index in [-0.39, 0.29) is 13.1 Å². The molecule has 1 rings (SSSR count). The summed E-state index contributed by atoms with van der Waals surface area (Å²) in [6, 6.07) is 0.961. The second-order valence-corrected chi connectivity index (χ2v) is 6.41. The van der Waals surface area contributed by atoms with Gasteiger partial charge in [0.15, 0.2) is 0 Å². The SMILES string of the molecule is CC(C#N)CN(C)S(=O)(=O)N1CCC[C@H]1C(=O)O. The summed E-state index contributed by atoms with van der Waals surface area (Å²) >= 11 is 0. The molecule has 1 N–H and O–H groups in total. The molecule has 0 aromatic rings. The molecule has 0 aromatic carbocycles. The van der Waals surface area contributed by atoms with Gasteiger partial charge in [-0.2, -0.15) is 22.3 Å². The molecule has 1 unspecified atom stereocenters. The van der Waals surface area contributed by atoms with E-state index in [1.165, 1.54) is 7.05 Å². The fourth-order valence-corrected chi connectivity index (χ4v) is 3.61.